The maximum atomic E-state index is 12.4. The highest BCUT2D eigenvalue weighted by molar-refractivity contribution is 9.10. The molecule has 23 heavy (non-hydrogen) atoms. The quantitative estimate of drug-likeness (QED) is 0.819. The first-order chi connectivity index (χ1) is 11.0. The Bertz CT molecular complexity index is 790. The largest absolute Gasteiger partial charge is 0.488 e. The van der Waals surface area contributed by atoms with Gasteiger partial charge in [-0.25, -0.2) is 4.79 Å². The van der Waals surface area contributed by atoms with Crippen LogP contribution in [0.2, 0.25) is 0 Å². The third-order valence-corrected chi connectivity index (χ3v) is 3.99. The molecule has 3 heterocycles. The number of halogens is 1. The lowest BCUT2D eigenvalue weighted by atomic mass is 10.2. The first-order valence-electron chi connectivity index (χ1n) is 7.19. The van der Waals surface area contributed by atoms with Crippen molar-refractivity contribution in [1.82, 2.24) is 9.88 Å². The van der Waals surface area contributed by atoms with E-state index < -0.39 is 5.63 Å². The molecule has 1 atom stereocenters. The number of amides is 1. The fourth-order valence-electron chi connectivity index (χ4n) is 2.56. The summed E-state index contributed by atoms with van der Waals surface area (Å²) in [5.41, 5.74) is 0.0994. The molecular weight excluding hydrogens is 364 g/mol. The summed E-state index contributed by atoms with van der Waals surface area (Å²) in [4.78, 5) is 29.5. The average Bonchev–Trinajstić information content (AvgIpc) is 2.94. The Morgan fingerprint density at radius 2 is 2.22 bits per heavy atom. The first kappa shape index (κ1) is 15.7. The van der Waals surface area contributed by atoms with Gasteiger partial charge < -0.3 is 14.1 Å². The van der Waals surface area contributed by atoms with Crippen LogP contribution in [0.4, 0.5) is 0 Å². The molecule has 1 saturated heterocycles. The minimum Gasteiger partial charge on any atom is -0.488 e. The monoisotopic (exact) mass is 378 g/mol. The Balaban J connectivity index is 1.66. The van der Waals surface area contributed by atoms with E-state index in [1.807, 2.05) is 0 Å². The maximum absolute atomic E-state index is 12.4. The van der Waals surface area contributed by atoms with Gasteiger partial charge in [0.05, 0.1) is 18.2 Å². The number of ether oxygens (including phenoxy) is 1. The summed E-state index contributed by atoms with van der Waals surface area (Å²) in [7, 11) is 0. The third kappa shape index (κ3) is 3.79. The molecule has 120 valence electrons. The summed E-state index contributed by atoms with van der Waals surface area (Å²) in [6.45, 7) is 2.78. The average molecular weight is 379 g/mol. The summed E-state index contributed by atoms with van der Waals surface area (Å²) in [6.07, 6.45) is 3.76. The molecule has 1 aliphatic heterocycles. The van der Waals surface area contributed by atoms with Gasteiger partial charge in [-0.3, -0.25) is 9.78 Å². The fourth-order valence-corrected chi connectivity index (χ4v) is 2.92. The van der Waals surface area contributed by atoms with Crippen LogP contribution in [-0.4, -0.2) is 35.0 Å². The van der Waals surface area contributed by atoms with Gasteiger partial charge in [-0.05, 0) is 28.9 Å². The second kappa shape index (κ2) is 6.54. The Morgan fingerprint density at radius 3 is 2.96 bits per heavy atom. The number of hydrogen-bond donors (Lipinski definition) is 0. The van der Waals surface area contributed by atoms with Gasteiger partial charge in [0, 0.05) is 35.9 Å². The van der Waals surface area contributed by atoms with Gasteiger partial charge in [-0.2, -0.15) is 0 Å². The van der Waals surface area contributed by atoms with Crippen molar-refractivity contribution in [2.75, 3.05) is 13.1 Å². The number of carbonyl (C=O) groups excluding carboxylic acids is 1. The normalized spacial score (nSPS) is 17.3. The van der Waals surface area contributed by atoms with Gasteiger partial charge in [0.1, 0.15) is 17.6 Å². The molecule has 3 rings (SSSR count). The van der Waals surface area contributed by atoms with Gasteiger partial charge in [-0.15, -0.1) is 0 Å². The van der Waals surface area contributed by atoms with E-state index in [1.165, 1.54) is 6.07 Å². The summed E-state index contributed by atoms with van der Waals surface area (Å²) in [6, 6.07) is 4.73. The van der Waals surface area contributed by atoms with Gasteiger partial charge in [-0.1, -0.05) is 0 Å². The van der Waals surface area contributed by atoms with Crippen LogP contribution in [0.25, 0.3) is 0 Å². The highest BCUT2D eigenvalue weighted by Crippen LogP contribution is 2.20. The molecule has 0 N–H and O–H groups in total. The zero-order valence-corrected chi connectivity index (χ0v) is 14.1. The number of aryl methyl sites for hydroxylation is 1. The number of likely N-dealkylation sites (tertiary alicyclic amines) is 1. The second-order valence-electron chi connectivity index (χ2n) is 5.39. The zero-order chi connectivity index (χ0) is 16.4. The first-order valence-corrected chi connectivity index (χ1v) is 7.99. The molecule has 1 aliphatic rings. The number of aromatic nitrogens is 1. The van der Waals surface area contributed by atoms with E-state index in [0.29, 0.717) is 36.6 Å². The van der Waals surface area contributed by atoms with Gasteiger partial charge in [0.25, 0.3) is 5.91 Å². The summed E-state index contributed by atoms with van der Waals surface area (Å²) in [5.74, 6) is 0.898. The summed E-state index contributed by atoms with van der Waals surface area (Å²) < 4.78 is 11.5. The number of nitrogens with zero attached hydrogens (tertiary/aromatic N) is 2. The Labute approximate surface area is 141 Å². The molecule has 2 aromatic rings. The molecule has 1 amide bonds. The molecule has 0 aromatic carbocycles. The van der Waals surface area contributed by atoms with Crippen molar-refractivity contribution < 1.29 is 13.9 Å². The lowest BCUT2D eigenvalue weighted by molar-refractivity contribution is 0.0771. The number of carbonyl (C=O) groups is 1. The number of rotatable bonds is 3. The number of pyridine rings is 1. The van der Waals surface area contributed by atoms with Crippen LogP contribution in [0.5, 0.6) is 5.75 Å². The van der Waals surface area contributed by atoms with Crippen molar-refractivity contribution in [3.63, 3.8) is 0 Å². The van der Waals surface area contributed by atoms with Crippen LogP contribution in [0, 0.1) is 6.92 Å². The predicted molar refractivity (Wildman–Crippen MR) is 86.6 cm³/mol. The van der Waals surface area contributed by atoms with Crippen molar-refractivity contribution in [2.45, 2.75) is 19.4 Å². The van der Waals surface area contributed by atoms with Crippen molar-refractivity contribution in [3.8, 4) is 5.75 Å². The zero-order valence-electron chi connectivity index (χ0n) is 12.5. The molecule has 7 heteroatoms. The predicted octanol–water partition coefficient (Wildman–Crippen LogP) is 2.40. The molecule has 0 spiro atoms. The van der Waals surface area contributed by atoms with Crippen LogP contribution in [0.1, 0.15) is 22.5 Å². The Hall–Kier alpha value is -2.15. The van der Waals surface area contributed by atoms with Crippen LogP contribution in [-0.2, 0) is 0 Å². The molecule has 2 aromatic heterocycles. The second-order valence-corrected chi connectivity index (χ2v) is 6.31. The molecule has 0 saturated carbocycles. The van der Waals surface area contributed by atoms with Crippen LogP contribution in [0.15, 0.2) is 44.3 Å². The third-order valence-electron chi connectivity index (χ3n) is 3.55. The minimum atomic E-state index is -0.439. The molecule has 0 radical (unpaired) electrons. The van der Waals surface area contributed by atoms with E-state index in [4.69, 9.17) is 9.15 Å². The van der Waals surface area contributed by atoms with E-state index in [1.54, 1.807) is 36.4 Å². The van der Waals surface area contributed by atoms with E-state index >= 15 is 0 Å². The number of hydrogen-bond acceptors (Lipinski definition) is 5. The van der Waals surface area contributed by atoms with Crippen LogP contribution in [0.3, 0.4) is 0 Å². The van der Waals surface area contributed by atoms with E-state index in [-0.39, 0.29) is 12.0 Å². The standard InChI is InChI=1S/C16H15BrN2O4/c1-10-4-14(6-15(20)22-10)23-13-2-3-19(9-13)16(21)11-5-12(17)8-18-7-11/h4-8,13H,2-3,9H2,1H3. The Kier molecular flexibility index (Phi) is 4.47. The maximum Gasteiger partial charge on any atom is 0.339 e. The van der Waals surface area contributed by atoms with Crippen LogP contribution < -0.4 is 10.4 Å². The molecule has 0 aliphatic carbocycles. The smallest absolute Gasteiger partial charge is 0.339 e. The molecular formula is C16H15BrN2O4. The van der Waals surface area contributed by atoms with E-state index in [0.717, 1.165) is 4.47 Å². The van der Waals surface area contributed by atoms with Gasteiger partial charge in [0.15, 0.2) is 0 Å². The molecule has 1 unspecified atom stereocenters. The van der Waals surface area contributed by atoms with Crippen molar-refractivity contribution in [2.24, 2.45) is 0 Å². The van der Waals surface area contributed by atoms with Gasteiger partial charge >= 0.3 is 5.63 Å². The minimum absolute atomic E-state index is 0.0753. The summed E-state index contributed by atoms with van der Waals surface area (Å²) in [5, 5.41) is 0. The Morgan fingerprint density at radius 1 is 1.39 bits per heavy atom. The molecule has 6 nitrogen and oxygen atoms in total. The van der Waals surface area contributed by atoms with E-state index in [9.17, 15) is 9.59 Å². The van der Waals surface area contributed by atoms with Gasteiger partial charge in [0.2, 0.25) is 0 Å². The lowest BCUT2D eigenvalue weighted by Gasteiger charge is -2.17. The van der Waals surface area contributed by atoms with Crippen molar-refractivity contribution in [3.05, 3.63) is 56.8 Å². The molecule has 0 bridgehead atoms. The summed E-state index contributed by atoms with van der Waals surface area (Å²) >= 11 is 3.31. The van der Waals surface area contributed by atoms with Crippen molar-refractivity contribution >= 4 is 21.8 Å². The SMILES string of the molecule is Cc1cc(OC2CCN(C(=O)c3cncc(Br)c3)C2)cc(=O)o1. The lowest BCUT2D eigenvalue weighted by Crippen LogP contribution is -2.31. The fraction of sp³-hybridized carbons (Fsp3) is 0.312. The van der Waals surface area contributed by atoms with Crippen molar-refractivity contribution in [1.29, 1.82) is 0 Å². The highest BCUT2D eigenvalue weighted by Gasteiger charge is 2.28. The van der Waals surface area contributed by atoms with Crippen LogP contribution >= 0.6 is 15.9 Å². The molecule has 1 fully saturated rings. The topological polar surface area (TPSA) is 72.6 Å². The van der Waals surface area contributed by atoms with E-state index in [2.05, 4.69) is 20.9 Å². The highest BCUT2D eigenvalue weighted by atomic mass is 79.9.